The molecule has 2 aromatic rings. The summed E-state index contributed by atoms with van der Waals surface area (Å²) in [5, 5.41) is 14.4. The van der Waals surface area contributed by atoms with Gasteiger partial charge in [-0.15, -0.1) is 0 Å². The van der Waals surface area contributed by atoms with E-state index in [2.05, 4.69) is 49.6 Å². The Bertz CT molecular complexity index is 816. The fourth-order valence-corrected chi connectivity index (χ4v) is 2.94. The molecule has 0 aliphatic heterocycles. The van der Waals surface area contributed by atoms with Crippen molar-refractivity contribution in [1.82, 2.24) is 0 Å². The van der Waals surface area contributed by atoms with Gasteiger partial charge in [-0.25, -0.2) is 0 Å². The molecule has 0 saturated carbocycles. The van der Waals surface area contributed by atoms with Crippen LogP contribution in [0.5, 0.6) is 0 Å². The van der Waals surface area contributed by atoms with E-state index in [1.807, 2.05) is 12.1 Å². The van der Waals surface area contributed by atoms with Crippen molar-refractivity contribution in [2.75, 3.05) is 17.2 Å². The van der Waals surface area contributed by atoms with E-state index in [9.17, 15) is 4.79 Å². The fourth-order valence-electron chi connectivity index (χ4n) is 2.94. The van der Waals surface area contributed by atoms with Gasteiger partial charge in [0.15, 0.2) is 0 Å². The lowest BCUT2D eigenvalue weighted by Crippen LogP contribution is -2.19. The minimum Gasteiger partial charge on any atom is -0.463 e. The molecule has 0 bridgehead atoms. The number of nitrogens with one attached hydrogen (secondary N) is 3. The normalized spacial score (nSPS) is 11.8. The van der Waals surface area contributed by atoms with E-state index < -0.39 is 0 Å². The first kappa shape index (κ1) is 21.3. The summed E-state index contributed by atoms with van der Waals surface area (Å²) in [6.07, 6.45) is 0.899. The summed E-state index contributed by atoms with van der Waals surface area (Å²) in [6, 6.07) is 13.8. The van der Waals surface area contributed by atoms with E-state index in [-0.39, 0.29) is 24.5 Å². The summed E-state index contributed by atoms with van der Waals surface area (Å²) >= 11 is 0. The second kappa shape index (κ2) is 9.78. The number of amidine groups is 1. The Kier molecular flexibility index (Phi) is 7.44. The first-order valence-electron chi connectivity index (χ1n) is 9.53. The monoisotopic (exact) mass is 382 g/mol. The number of hydrogen-bond acceptors (Lipinski definition) is 5. The molecule has 1 atom stereocenters. The third-order valence-electron chi connectivity index (χ3n) is 4.35. The second-order valence-electron chi connectivity index (χ2n) is 7.06. The molecular weight excluding hydrogens is 352 g/mol. The van der Waals surface area contributed by atoms with Crippen LogP contribution in [0.1, 0.15) is 50.4 Å². The molecule has 6 heteroatoms. The molecule has 0 aliphatic rings. The Morgan fingerprint density at radius 3 is 2.36 bits per heavy atom. The fraction of sp³-hybridized carbons (Fsp3) is 0.364. The van der Waals surface area contributed by atoms with Crippen molar-refractivity contribution in [1.29, 1.82) is 5.41 Å². The summed E-state index contributed by atoms with van der Waals surface area (Å²) in [5.74, 6) is -0.281. The molecule has 2 aromatic carbocycles. The summed E-state index contributed by atoms with van der Waals surface area (Å²) < 4.78 is 5.29. The molecule has 150 valence electrons. The van der Waals surface area contributed by atoms with Gasteiger partial charge in [-0.3, -0.25) is 10.2 Å². The lowest BCUT2D eigenvalue weighted by Gasteiger charge is -2.22. The van der Waals surface area contributed by atoms with Gasteiger partial charge in [-0.2, -0.15) is 0 Å². The largest absolute Gasteiger partial charge is 0.463 e. The lowest BCUT2D eigenvalue weighted by molar-refractivity contribution is -0.141. The van der Waals surface area contributed by atoms with Gasteiger partial charge in [0.2, 0.25) is 0 Å². The van der Waals surface area contributed by atoms with Gasteiger partial charge in [0.25, 0.3) is 0 Å². The number of aryl methyl sites for hydroxylation is 1. The smallest absolute Gasteiger partial charge is 0.302 e. The highest BCUT2D eigenvalue weighted by Crippen LogP contribution is 2.26. The van der Waals surface area contributed by atoms with Crippen molar-refractivity contribution in [3.8, 4) is 0 Å². The van der Waals surface area contributed by atoms with Crippen molar-refractivity contribution in [2.45, 2.75) is 46.2 Å². The molecule has 6 nitrogen and oxygen atoms in total. The molecule has 2 rings (SSSR count). The van der Waals surface area contributed by atoms with Crippen LogP contribution in [0.3, 0.4) is 0 Å². The van der Waals surface area contributed by atoms with Crippen LogP contribution in [-0.2, 0) is 16.0 Å². The summed E-state index contributed by atoms with van der Waals surface area (Å²) in [4.78, 5) is 11.4. The maximum atomic E-state index is 11.4. The summed E-state index contributed by atoms with van der Waals surface area (Å²) in [7, 11) is 0. The predicted octanol–water partition coefficient (Wildman–Crippen LogP) is 4.07. The maximum absolute atomic E-state index is 11.4. The second-order valence-corrected chi connectivity index (χ2v) is 7.06. The van der Waals surface area contributed by atoms with Gasteiger partial charge in [0, 0.05) is 29.9 Å². The van der Waals surface area contributed by atoms with Crippen molar-refractivity contribution in [2.24, 2.45) is 5.73 Å². The van der Waals surface area contributed by atoms with Gasteiger partial charge in [-0.1, -0.05) is 19.1 Å². The van der Waals surface area contributed by atoms with Crippen LogP contribution in [0.2, 0.25) is 0 Å². The Morgan fingerprint density at radius 2 is 1.82 bits per heavy atom. The van der Waals surface area contributed by atoms with Crippen molar-refractivity contribution < 1.29 is 9.53 Å². The van der Waals surface area contributed by atoms with E-state index in [1.165, 1.54) is 12.5 Å². The zero-order chi connectivity index (χ0) is 20.7. The number of rotatable bonds is 9. The number of carbonyl (C=O) groups excluding carboxylic acids is 1. The minimum atomic E-state index is -0.312. The summed E-state index contributed by atoms with van der Waals surface area (Å²) in [6.45, 7) is 7.99. The lowest BCUT2D eigenvalue weighted by atomic mass is 10.0. The topological polar surface area (TPSA) is 100 Å². The zero-order valence-electron chi connectivity index (χ0n) is 17.0. The van der Waals surface area contributed by atoms with E-state index in [0.29, 0.717) is 11.6 Å². The quantitative estimate of drug-likeness (QED) is 0.298. The molecule has 0 heterocycles. The van der Waals surface area contributed by atoms with Crippen LogP contribution in [0.25, 0.3) is 0 Å². The van der Waals surface area contributed by atoms with Crippen molar-refractivity contribution in [3.05, 3.63) is 59.2 Å². The number of carbonyl (C=O) groups is 1. The van der Waals surface area contributed by atoms with Crippen LogP contribution in [-0.4, -0.2) is 24.5 Å². The van der Waals surface area contributed by atoms with Crippen molar-refractivity contribution >= 4 is 23.2 Å². The highest BCUT2D eigenvalue weighted by atomic mass is 16.5. The average Bonchev–Trinajstić information content (AvgIpc) is 2.65. The molecule has 0 aromatic heterocycles. The van der Waals surface area contributed by atoms with Crippen molar-refractivity contribution in [3.63, 3.8) is 0 Å². The molecule has 5 N–H and O–H groups in total. The first-order chi connectivity index (χ1) is 13.3. The van der Waals surface area contributed by atoms with Crippen LogP contribution in [0.4, 0.5) is 11.4 Å². The molecule has 28 heavy (non-hydrogen) atoms. The zero-order valence-corrected chi connectivity index (χ0v) is 17.0. The Labute approximate surface area is 167 Å². The Morgan fingerprint density at radius 1 is 1.14 bits per heavy atom. The van der Waals surface area contributed by atoms with Gasteiger partial charge in [0.1, 0.15) is 12.4 Å². The summed E-state index contributed by atoms with van der Waals surface area (Å²) in [5.41, 5.74) is 10.4. The molecular formula is C22H30N4O2. The standard InChI is InChI=1S/C22H30N4O2/c1-5-16-12-18(8-11-20(16)25-14(2)3)21(13-28-15(4)27)26-19-9-6-17(7-10-19)22(23)24/h6-12,14,21,25-26H,5,13H2,1-4H3,(H3,23,24). The Hall–Kier alpha value is -3.02. The predicted molar refractivity (Wildman–Crippen MR) is 115 cm³/mol. The minimum absolute atomic E-state index is 0.0313. The number of esters is 1. The number of nitrogen functional groups attached to an aromatic ring is 1. The van der Waals surface area contributed by atoms with Gasteiger partial charge < -0.3 is 21.1 Å². The highest BCUT2D eigenvalue weighted by Gasteiger charge is 2.16. The van der Waals surface area contributed by atoms with E-state index in [4.69, 9.17) is 15.9 Å². The van der Waals surface area contributed by atoms with Gasteiger partial charge >= 0.3 is 5.97 Å². The molecule has 0 aliphatic carbocycles. The van der Waals surface area contributed by atoms with E-state index in [1.54, 1.807) is 12.1 Å². The van der Waals surface area contributed by atoms with Crippen LogP contribution < -0.4 is 16.4 Å². The maximum Gasteiger partial charge on any atom is 0.302 e. The molecule has 0 amide bonds. The van der Waals surface area contributed by atoms with Crippen LogP contribution in [0.15, 0.2) is 42.5 Å². The third kappa shape index (κ3) is 6.01. The number of benzene rings is 2. The third-order valence-corrected chi connectivity index (χ3v) is 4.35. The highest BCUT2D eigenvalue weighted by molar-refractivity contribution is 5.95. The average molecular weight is 383 g/mol. The van der Waals surface area contributed by atoms with Gasteiger partial charge in [0.05, 0.1) is 6.04 Å². The van der Waals surface area contributed by atoms with Gasteiger partial charge in [-0.05, 0) is 61.7 Å². The number of anilines is 2. The first-order valence-corrected chi connectivity index (χ1v) is 9.53. The molecule has 0 saturated heterocycles. The van der Waals surface area contributed by atoms with E-state index >= 15 is 0 Å². The number of nitrogens with two attached hydrogens (primary N) is 1. The number of hydrogen-bond donors (Lipinski definition) is 4. The number of ether oxygens (including phenoxy) is 1. The Balaban J connectivity index is 2.28. The van der Waals surface area contributed by atoms with E-state index in [0.717, 1.165) is 23.4 Å². The molecule has 0 radical (unpaired) electrons. The SMILES string of the molecule is CCc1cc(C(COC(C)=O)Nc2ccc(C(=N)N)cc2)ccc1NC(C)C. The molecule has 0 spiro atoms. The molecule has 0 fully saturated rings. The van der Waals surface area contributed by atoms with Crippen LogP contribution in [0, 0.1) is 5.41 Å². The van der Waals surface area contributed by atoms with Crippen LogP contribution >= 0.6 is 0 Å². The molecule has 1 unspecified atom stereocenters.